The van der Waals surface area contributed by atoms with Gasteiger partial charge in [0.2, 0.25) is 11.7 Å². The highest BCUT2D eigenvalue weighted by atomic mass is 79.9. The van der Waals surface area contributed by atoms with Gasteiger partial charge in [-0.25, -0.2) is 9.38 Å². The first-order chi connectivity index (χ1) is 12.2. The van der Waals surface area contributed by atoms with E-state index in [4.69, 9.17) is 10.2 Å². The molecule has 0 fully saturated rings. The van der Waals surface area contributed by atoms with Gasteiger partial charge in [0, 0.05) is 19.0 Å². The quantitative estimate of drug-likeness (QED) is 0.768. The van der Waals surface area contributed by atoms with Crippen LogP contribution in [0.5, 0.6) is 0 Å². The maximum atomic E-state index is 14.5. The Kier molecular flexibility index (Phi) is 4.70. The minimum atomic E-state index is -1.12. The molecule has 0 radical (unpaired) electrons. The highest BCUT2D eigenvalue weighted by Crippen LogP contribution is 2.35. The molecule has 1 aliphatic heterocycles. The number of hydrogen-bond acceptors (Lipinski definition) is 5. The number of halogens is 2. The summed E-state index contributed by atoms with van der Waals surface area (Å²) in [4.78, 5) is 30.0. The fraction of sp³-hybridized carbons (Fsp3) is 0.278. The van der Waals surface area contributed by atoms with Crippen molar-refractivity contribution >= 4 is 33.6 Å². The van der Waals surface area contributed by atoms with Crippen molar-refractivity contribution in [2.75, 3.05) is 7.05 Å². The molecule has 0 aliphatic carbocycles. The van der Waals surface area contributed by atoms with E-state index in [0.29, 0.717) is 10.2 Å². The van der Waals surface area contributed by atoms with Crippen LogP contribution in [0.2, 0.25) is 0 Å². The molecular weight excluding hydrogens is 405 g/mol. The average molecular weight is 422 g/mol. The SMILES string of the molecule is CN1C(=O)CC(C)(c2cc(CC(=O)c3ccc(Br)o3)ccc2F)N=C1N. The van der Waals surface area contributed by atoms with Crippen LogP contribution in [0, 0.1) is 5.82 Å². The predicted molar refractivity (Wildman–Crippen MR) is 97.2 cm³/mol. The fourth-order valence-electron chi connectivity index (χ4n) is 2.90. The van der Waals surface area contributed by atoms with Gasteiger partial charge in [-0.3, -0.25) is 14.5 Å². The van der Waals surface area contributed by atoms with Gasteiger partial charge in [-0.05, 0) is 52.7 Å². The number of benzene rings is 1. The molecule has 136 valence electrons. The lowest BCUT2D eigenvalue weighted by atomic mass is 9.85. The van der Waals surface area contributed by atoms with Crippen molar-refractivity contribution < 1.29 is 18.4 Å². The van der Waals surface area contributed by atoms with Crippen LogP contribution >= 0.6 is 15.9 Å². The molecule has 1 atom stereocenters. The van der Waals surface area contributed by atoms with Gasteiger partial charge in [-0.1, -0.05) is 6.07 Å². The zero-order valence-electron chi connectivity index (χ0n) is 14.3. The molecule has 8 heteroatoms. The lowest BCUT2D eigenvalue weighted by Gasteiger charge is -2.34. The highest BCUT2D eigenvalue weighted by Gasteiger charge is 2.38. The van der Waals surface area contributed by atoms with Gasteiger partial charge in [0.25, 0.3) is 0 Å². The summed E-state index contributed by atoms with van der Waals surface area (Å²) in [6.45, 7) is 1.65. The van der Waals surface area contributed by atoms with Crippen molar-refractivity contribution in [2.45, 2.75) is 25.3 Å². The number of aliphatic imine (C=N–C) groups is 1. The predicted octanol–water partition coefficient (Wildman–Crippen LogP) is 3.00. The maximum absolute atomic E-state index is 14.5. The van der Waals surface area contributed by atoms with Crippen molar-refractivity contribution in [1.82, 2.24) is 4.90 Å². The van der Waals surface area contributed by atoms with E-state index in [1.165, 1.54) is 24.1 Å². The third-order valence-electron chi connectivity index (χ3n) is 4.40. The first-order valence-electron chi connectivity index (χ1n) is 7.89. The van der Waals surface area contributed by atoms with Crippen LogP contribution in [0.25, 0.3) is 0 Å². The van der Waals surface area contributed by atoms with Crippen LogP contribution in [-0.2, 0) is 16.8 Å². The number of carbonyl (C=O) groups is 2. The van der Waals surface area contributed by atoms with E-state index in [1.54, 1.807) is 25.1 Å². The Hall–Kier alpha value is -2.48. The molecule has 2 N–H and O–H groups in total. The molecule has 3 rings (SSSR count). The molecule has 0 saturated heterocycles. The van der Waals surface area contributed by atoms with Crippen LogP contribution in [0.3, 0.4) is 0 Å². The van der Waals surface area contributed by atoms with Crippen LogP contribution in [0.4, 0.5) is 4.39 Å². The van der Waals surface area contributed by atoms with Gasteiger partial charge in [0.05, 0.1) is 12.0 Å². The Morgan fingerprint density at radius 1 is 1.42 bits per heavy atom. The summed E-state index contributed by atoms with van der Waals surface area (Å²) in [6.07, 6.45) is 0.0278. The summed E-state index contributed by atoms with van der Waals surface area (Å²) >= 11 is 3.15. The first kappa shape index (κ1) is 18.3. The molecular formula is C18H17BrFN3O3. The topological polar surface area (TPSA) is 88.9 Å². The van der Waals surface area contributed by atoms with Gasteiger partial charge >= 0.3 is 0 Å². The van der Waals surface area contributed by atoms with Crippen molar-refractivity contribution in [3.8, 4) is 0 Å². The minimum absolute atomic E-state index is 0.0103. The van der Waals surface area contributed by atoms with E-state index in [2.05, 4.69) is 20.9 Å². The van der Waals surface area contributed by atoms with Gasteiger partial charge in [0.15, 0.2) is 16.4 Å². The molecule has 0 spiro atoms. The van der Waals surface area contributed by atoms with E-state index < -0.39 is 11.4 Å². The van der Waals surface area contributed by atoms with Crippen LogP contribution < -0.4 is 5.73 Å². The van der Waals surface area contributed by atoms with Gasteiger partial charge in [0.1, 0.15) is 5.82 Å². The van der Waals surface area contributed by atoms with E-state index in [-0.39, 0.29) is 41.8 Å². The van der Waals surface area contributed by atoms with Crippen molar-refractivity contribution in [2.24, 2.45) is 10.7 Å². The molecule has 2 heterocycles. The second-order valence-corrected chi connectivity index (χ2v) is 7.17. The molecule has 1 aliphatic rings. The van der Waals surface area contributed by atoms with E-state index in [0.717, 1.165) is 0 Å². The molecule has 1 aromatic heterocycles. The van der Waals surface area contributed by atoms with Gasteiger partial charge < -0.3 is 10.2 Å². The second kappa shape index (κ2) is 6.68. The van der Waals surface area contributed by atoms with Crippen molar-refractivity contribution in [1.29, 1.82) is 0 Å². The number of nitrogens with zero attached hydrogens (tertiary/aromatic N) is 2. The number of amides is 1. The summed E-state index contributed by atoms with van der Waals surface area (Å²) in [7, 11) is 1.52. The number of carbonyl (C=O) groups excluding carboxylic acids is 2. The monoisotopic (exact) mass is 421 g/mol. The van der Waals surface area contributed by atoms with Gasteiger partial charge in [-0.2, -0.15) is 0 Å². The zero-order valence-corrected chi connectivity index (χ0v) is 15.8. The standard InChI is InChI=1S/C18H17BrFN3O3/c1-18(9-16(25)23(2)17(21)22-18)11-7-10(3-4-12(11)20)8-13(24)14-5-6-15(19)26-14/h3-7H,8-9H2,1-2H3,(H2,21,22). The number of hydrogen-bond donors (Lipinski definition) is 1. The number of ketones is 1. The summed E-state index contributed by atoms with van der Waals surface area (Å²) in [6, 6.07) is 7.56. The maximum Gasteiger partial charge on any atom is 0.231 e. The average Bonchev–Trinajstić information content (AvgIpc) is 3.01. The van der Waals surface area contributed by atoms with E-state index >= 15 is 0 Å². The van der Waals surface area contributed by atoms with Crippen LogP contribution in [-0.4, -0.2) is 29.6 Å². The third-order valence-corrected chi connectivity index (χ3v) is 4.82. The number of furan rings is 1. The second-order valence-electron chi connectivity index (χ2n) is 6.39. The Balaban J connectivity index is 1.93. The normalized spacial score (nSPS) is 20.2. The zero-order chi connectivity index (χ0) is 19.1. The molecule has 1 amide bonds. The number of rotatable bonds is 4. The molecule has 6 nitrogen and oxygen atoms in total. The number of Topliss-reactive ketones (excluding diaryl/α,β-unsaturated/α-hetero) is 1. The number of guanidine groups is 1. The third kappa shape index (κ3) is 3.41. The van der Waals surface area contributed by atoms with E-state index in [9.17, 15) is 14.0 Å². The lowest BCUT2D eigenvalue weighted by molar-refractivity contribution is -0.128. The van der Waals surface area contributed by atoms with Crippen molar-refractivity contribution in [3.63, 3.8) is 0 Å². The molecule has 26 heavy (non-hydrogen) atoms. The van der Waals surface area contributed by atoms with E-state index in [1.807, 2.05) is 0 Å². The smallest absolute Gasteiger partial charge is 0.231 e. The highest BCUT2D eigenvalue weighted by molar-refractivity contribution is 9.10. The van der Waals surface area contributed by atoms with Gasteiger partial charge in [-0.15, -0.1) is 0 Å². The summed E-state index contributed by atoms with van der Waals surface area (Å²) < 4.78 is 20.2. The van der Waals surface area contributed by atoms with Crippen LogP contribution in [0.1, 0.15) is 35.0 Å². The Morgan fingerprint density at radius 3 is 2.77 bits per heavy atom. The minimum Gasteiger partial charge on any atom is -0.446 e. The molecule has 1 aromatic carbocycles. The largest absolute Gasteiger partial charge is 0.446 e. The number of nitrogens with two attached hydrogens (primary N) is 1. The van der Waals surface area contributed by atoms with Crippen molar-refractivity contribution in [3.05, 3.63) is 57.7 Å². The van der Waals surface area contributed by atoms with Crippen LogP contribution in [0.15, 0.2) is 44.4 Å². The lowest BCUT2D eigenvalue weighted by Crippen LogP contribution is -2.47. The molecule has 2 aromatic rings. The summed E-state index contributed by atoms with van der Waals surface area (Å²) in [5.41, 5.74) is 5.50. The molecule has 0 saturated carbocycles. The molecule has 0 bridgehead atoms. The first-order valence-corrected chi connectivity index (χ1v) is 8.68. The Labute approximate surface area is 158 Å². The fourth-order valence-corrected chi connectivity index (χ4v) is 3.20. The molecule has 1 unspecified atom stereocenters. The Bertz CT molecular complexity index is 924. The Morgan fingerprint density at radius 2 is 2.15 bits per heavy atom. The summed E-state index contributed by atoms with van der Waals surface area (Å²) in [5.74, 6) is -0.740. The summed E-state index contributed by atoms with van der Waals surface area (Å²) in [5, 5.41) is 0.